The third kappa shape index (κ3) is 4.43. The first-order chi connectivity index (χ1) is 11.1. The van der Waals surface area contributed by atoms with Crippen LogP contribution in [0.25, 0.3) is 0 Å². The Balaban J connectivity index is 2.03. The molecule has 4 nitrogen and oxygen atoms in total. The van der Waals surface area contributed by atoms with Crippen LogP contribution in [-0.2, 0) is 17.5 Å². The summed E-state index contributed by atoms with van der Waals surface area (Å²) in [5, 5.41) is 6.75. The molecule has 0 aliphatic heterocycles. The highest BCUT2D eigenvalue weighted by Gasteiger charge is 2.37. The van der Waals surface area contributed by atoms with E-state index in [-0.39, 0.29) is 28.4 Å². The van der Waals surface area contributed by atoms with Crippen LogP contribution in [0.4, 0.5) is 18.9 Å². The Morgan fingerprint density at radius 1 is 1.33 bits per heavy atom. The first kappa shape index (κ1) is 19.1. The second kappa shape index (κ2) is 7.33. The summed E-state index contributed by atoms with van der Waals surface area (Å²) >= 11 is 14.5. The molecule has 1 aromatic heterocycles. The molecule has 0 radical (unpaired) electrons. The van der Waals surface area contributed by atoms with Gasteiger partial charge < -0.3 is 5.32 Å². The van der Waals surface area contributed by atoms with Gasteiger partial charge in [0, 0.05) is 12.1 Å². The van der Waals surface area contributed by atoms with Gasteiger partial charge in [-0.2, -0.15) is 18.3 Å². The van der Waals surface area contributed by atoms with Crippen molar-refractivity contribution < 1.29 is 18.0 Å². The predicted octanol–water partition coefficient (Wildman–Crippen LogP) is 5.31. The second-order valence-electron chi connectivity index (χ2n) is 4.90. The Morgan fingerprint density at radius 3 is 2.54 bits per heavy atom. The summed E-state index contributed by atoms with van der Waals surface area (Å²) in [4.78, 5) is 11.9. The van der Waals surface area contributed by atoms with Crippen molar-refractivity contribution in [2.24, 2.45) is 0 Å². The molecule has 0 unspecified atom stereocenters. The van der Waals surface area contributed by atoms with Crippen LogP contribution in [0.1, 0.15) is 17.8 Å². The summed E-state index contributed by atoms with van der Waals surface area (Å²) in [5.74, 6) is -0.382. The monoisotopic (exact) mass is 443 g/mol. The minimum Gasteiger partial charge on any atom is -0.326 e. The van der Waals surface area contributed by atoms with Gasteiger partial charge in [0.05, 0.1) is 26.8 Å². The number of nitrogens with zero attached hydrogens (tertiary/aromatic N) is 2. The minimum atomic E-state index is -4.56. The number of halogens is 6. The molecule has 2 rings (SSSR count). The highest BCUT2D eigenvalue weighted by Crippen LogP contribution is 2.35. The van der Waals surface area contributed by atoms with Gasteiger partial charge in [-0.1, -0.05) is 23.2 Å². The van der Waals surface area contributed by atoms with Crippen LogP contribution < -0.4 is 5.32 Å². The Bertz CT molecular complexity index is 777. The molecule has 0 spiro atoms. The molecule has 1 amide bonds. The summed E-state index contributed by atoms with van der Waals surface area (Å²) in [6, 6.07) is 4.59. The van der Waals surface area contributed by atoms with Crippen LogP contribution in [-0.4, -0.2) is 15.7 Å². The summed E-state index contributed by atoms with van der Waals surface area (Å²) < 4.78 is 39.4. The number of aryl methyl sites for hydroxylation is 1. The van der Waals surface area contributed by atoms with Crippen LogP contribution in [0.2, 0.25) is 10.0 Å². The largest absolute Gasteiger partial charge is 0.436 e. The topological polar surface area (TPSA) is 46.9 Å². The van der Waals surface area contributed by atoms with E-state index >= 15 is 0 Å². The lowest BCUT2D eigenvalue weighted by atomic mass is 10.3. The molecular formula is C14H11BrCl2F3N3O. The third-order valence-corrected chi connectivity index (χ3v) is 4.84. The Kier molecular flexibility index (Phi) is 5.83. The molecule has 130 valence electrons. The van der Waals surface area contributed by atoms with Crippen molar-refractivity contribution in [1.29, 1.82) is 0 Å². The molecule has 0 atom stereocenters. The van der Waals surface area contributed by atoms with E-state index in [1.165, 1.54) is 19.1 Å². The summed E-state index contributed by atoms with van der Waals surface area (Å²) in [6.45, 7) is 1.50. The third-order valence-electron chi connectivity index (χ3n) is 3.16. The van der Waals surface area contributed by atoms with Gasteiger partial charge in [0.2, 0.25) is 5.91 Å². The van der Waals surface area contributed by atoms with E-state index < -0.39 is 11.9 Å². The van der Waals surface area contributed by atoms with Gasteiger partial charge in [-0.15, -0.1) is 0 Å². The number of hydrogen-bond donors (Lipinski definition) is 1. The summed E-state index contributed by atoms with van der Waals surface area (Å²) in [6.07, 6.45) is -4.61. The molecule has 1 aromatic carbocycles. The fourth-order valence-electron chi connectivity index (χ4n) is 1.93. The number of carbonyl (C=O) groups is 1. The van der Waals surface area contributed by atoms with Crippen LogP contribution in [0.3, 0.4) is 0 Å². The smallest absolute Gasteiger partial charge is 0.326 e. The highest BCUT2D eigenvalue weighted by atomic mass is 79.9. The normalized spacial score (nSPS) is 11.6. The number of alkyl halides is 3. The first-order valence-corrected chi connectivity index (χ1v) is 8.19. The zero-order valence-corrected chi connectivity index (χ0v) is 15.3. The van der Waals surface area contributed by atoms with E-state index in [1.54, 1.807) is 6.07 Å². The van der Waals surface area contributed by atoms with Gasteiger partial charge in [0.25, 0.3) is 0 Å². The molecular weight excluding hydrogens is 434 g/mol. The van der Waals surface area contributed by atoms with Gasteiger partial charge >= 0.3 is 6.18 Å². The second-order valence-corrected chi connectivity index (χ2v) is 6.50. The molecule has 24 heavy (non-hydrogen) atoms. The highest BCUT2D eigenvalue weighted by molar-refractivity contribution is 9.10. The number of rotatable bonds is 4. The quantitative estimate of drug-likeness (QED) is 0.694. The van der Waals surface area contributed by atoms with E-state index in [4.69, 9.17) is 23.2 Å². The van der Waals surface area contributed by atoms with Crippen LogP contribution in [0.5, 0.6) is 0 Å². The molecule has 2 aromatic rings. The van der Waals surface area contributed by atoms with E-state index in [1.807, 2.05) is 0 Å². The summed E-state index contributed by atoms with van der Waals surface area (Å²) in [7, 11) is 0. The predicted molar refractivity (Wildman–Crippen MR) is 89.4 cm³/mol. The lowest BCUT2D eigenvalue weighted by molar-refractivity contribution is -0.142. The van der Waals surface area contributed by atoms with Crippen molar-refractivity contribution in [2.45, 2.75) is 26.1 Å². The molecule has 0 saturated carbocycles. The van der Waals surface area contributed by atoms with Crippen LogP contribution >= 0.6 is 39.1 Å². The standard InChI is InChI=1S/C14H11BrCl2F3N3O/c1-7-12(15)13(14(18,19)20)22-23(7)5-4-11(24)21-8-2-3-9(16)10(17)6-8/h2-3,6H,4-5H2,1H3,(H,21,24). The summed E-state index contributed by atoms with van der Waals surface area (Å²) in [5.41, 5.74) is -0.265. The van der Waals surface area contributed by atoms with Crippen molar-refractivity contribution in [3.63, 3.8) is 0 Å². The molecule has 0 saturated heterocycles. The molecule has 1 N–H and O–H groups in total. The molecule has 0 bridgehead atoms. The maximum Gasteiger partial charge on any atom is 0.436 e. The lowest BCUT2D eigenvalue weighted by Gasteiger charge is -2.07. The molecule has 0 fully saturated rings. The minimum absolute atomic E-state index is 0.00761. The Labute approximate surface area is 154 Å². The zero-order valence-electron chi connectivity index (χ0n) is 12.2. The number of nitrogens with one attached hydrogen (secondary N) is 1. The average molecular weight is 445 g/mol. The van der Waals surface area contributed by atoms with E-state index in [0.29, 0.717) is 16.4 Å². The maximum atomic E-state index is 12.8. The van der Waals surface area contributed by atoms with Crippen LogP contribution in [0.15, 0.2) is 22.7 Å². The first-order valence-electron chi connectivity index (χ1n) is 6.64. The molecule has 1 heterocycles. The number of anilines is 1. The molecule has 10 heteroatoms. The zero-order chi connectivity index (χ0) is 18.1. The number of hydrogen-bond acceptors (Lipinski definition) is 2. The fraction of sp³-hybridized carbons (Fsp3) is 0.286. The SMILES string of the molecule is Cc1c(Br)c(C(F)(F)F)nn1CCC(=O)Nc1ccc(Cl)c(Cl)c1. The van der Waals surface area contributed by atoms with E-state index in [2.05, 4.69) is 26.3 Å². The van der Waals surface area contributed by atoms with Gasteiger partial charge in [0.15, 0.2) is 5.69 Å². The van der Waals surface area contributed by atoms with Gasteiger partial charge in [-0.25, -0.2) is 0 Å². The van der Waals surface area contributed by atoms with Crippen molar-refractivity contribution in [3.05, 3.63) is 44.1 Å². The maximum absolute atomic E-state index is 12.8. The van der Waals surface area contributed by atoms with Crippen molar-refractivity contribution >= 4 is 50.7 Å². The van der Waals surface area contributed by atoms with Crippen molar-refractivity contribution in [1.82, 2.24) is 9.78 Å². The average Bonchev–Trinajstić information content (AvgIpc) is 2.77. The van der Waals surface area contributed by atoms with E-state index in [0.717, 1.165) is 4.68 Å². The number of carbonyl (C=O) groups excluding carboxylic acids is 1. The van der Waals surface area contributed by atoms with Crippen molar-refractivity contribution in [2.75, 3.05) is 5.32 Å². The Morgan fingerprint density at radius 2 is 2.00 bits per heavy atom. The number of aromatic nitrogens is 2. The fourth-order valence-corrected chi connectivity index (χ4v) is 2.73. The number of amides is 1. The number of benzene rings is 1. The molecule has 0 aliphatic rings. The lowest BCUT2D eigenvalue weighted by Crippen LogP contribution is -2.16. The van der Waals surface area contributed by atoms with Crippen LogP contribution in [0, 0.1) is 6.92 Å². The Hall–Kier alpha value is -1.25. The van der Waals surface area contributed by atoms with Gasteiger partial charge in [-0.3, -0.25) is 9.48 Å². The van der Waals surface area contributed by atoms with Gasteiger partial charge in [0.1, 0.15) is 0 Å². The van der Waals surface area contributed by atoms with Crippen molar-refractivity contribution in [3.8, 4) is 0 Å². The molecule has 0 aliphatic carbocycles. The van der Waals surface area contributed by atoms with Gasteiger partial charge in [-0.05, 0) is 41.1 Å². The van der Waals surface area contributed by atoms with E-state index in [9.17, 15) is 18.0 Å².